The molecule has 4 nitrogen and oxygen atoms in total. The highest BCUT2D eigenvalue weighted by Crippen LogP contribution is 2.12. The van der Waals surface area contributed by atoms with Crippen LogP contribution >= 0.6 is 0 Å². The van der Waals surface area contributed by atoms with Crippen LogP contribution in [-0.4, -0.2) is 49.2 Å². The van der Waals surface area contributed by atoms with Gasteiger partial charge in [-0.1, -0.05) is 0 Å². The average Bonchev–Trinajstić information content (AvgIpc) is 2.65. The van der Waals surface area contributed by atoms with E-state index < -0.39 is 0 Å². The van der Waals surface area contributed by atoms with Gasteiger partial charge in [-0.05, 0) is 33.6 Å². The number of carbonyl (C=O) groups excluding carboxylic acids is 1. The van der Waals surface area contributed by atoms with Crippen molar-refractivity contribution in [2.24, 2.45) is 0 Å². The fourth-order valence-corrected chi connectivity index (χ4v) is 1.67. The van der Waals surface area contributed by atoms with Gasteiger partial charge in [0.1, 0.15) is 0 Å². The Morgan fingerprint density at radius 2 is 2.19 bits per heavy atom. The Morgan fingerprint density at radius 1 is 1.50 bits per heavy atom. The Kier molecular flexibility index (Phi) is 4.74. The van der Waals surface area contributed by atoms with E-state index in [1.54, 1.807) is 4.90 Å². The Labute approximate surface area is 98.3 Å². The first kappa shape index (κ1) is 13.5. The SMILES string of the molecule is CN(CC1CCCO1)C(=O)CNC(C)(C)C. The molecular weight excluding hydrogens is 204 g/mol. The smallest absolute Gasteiger partial charge is 0.236 e. The van der Waals surface area contributed by atoms with Crippen LogP contribution < -0.4 is 5.32 Å². The first-order valence-corrected chi connectivity index (χ1v) is 5.99. The topological polar surface area (TPSA) is 41.6 Å². The van der Waals surface area contributed by atoms with E-state index in [4.69, 9.17) is 4.74 Å². The zero-order chi connectivity index (χ0) is 12.2. The van der Waals surface area contributed by atoms with Crippen LogP contribution in [0.3, 0.4) is 0 Å². The molecule has 0 aromatic rings. The Balaban J connectivity index is 2.24. The highest BCUT2D eigenvalue weighted by Gasteiger charge is 2.20. The summed E-state index contributed by atoms with van der Waals surface area (Å²) >= 11 is 0. The first-order chi connectivity index (χ1) is 7.38. The molecule has 1 aliphatic heterocycles. The number of likely N-dealkylation sites (N-methyl/N-ethyl adjacent to an activating group) is 1. The van der Waals surface area contributed by atoms with E-state index in [0.29, 0.717) is 13.1 Å². The quantitative estimate of drug-likeness (QED) is 0.781. The van der Waals surface area contributed by atoms with Crippen molar-refractivity contribution in [2.45, 2.75) is 45.3 Å². The van der Waals surface area contributed by atoms with Crippen LogP contribution in [0.25, 0.3) is 0 Å². The average molecular weight is 228 g/mol. The van der Waals surface area contributed by atoms with Crippen molar-refractivity contribution in [3.05, 3.63) is 0 Å². The summed E-state index contributed by atoms with van der Waals surface area (Å²) in [5, 5.41) is 3.20. The Hall–Kier alpha value is -0.610. The monoisotopic (exact) mass is 228 g/mol. The summed E-state index contributed by atoms with van der Waals surface area (Å²) in [5.41, 5.74) is -0.0135. The van der Waals surface area contributed by atoms with Crippen molar-refractivity contribution in [3.8, 4) is 0 Å². The van der Waals surface area contributed by atoms with Crippen LogP contribution in [0.2, 0.25) is 0 Å². The number of amides is 1. The van der Waals surface area contributed by atoms with Gasteiger partial charge in [-0.25, -0.2) is 0 Å². The van der Waals surface area contributed by atoms with E-state index in [-0.39, 0.29) is 17.6 Å². The van der Waals surface area contributed by atoms with E-state index in [1.807, 2.05) is 7.05 Å². The van der Waals surface area contributed by atoms with E-state index in [2.05, 4.69) is 26.1 Å². The predicted molar refractivity (Wildman–Crippen MR) is 64.4 cm³/mol. The molecule has 0 saturated carbocycles. The fraction of sp³-hybridized carbons (Fsp3) is 0.917. The van der Waals surface area contributed by atoms with Gasteiger partial charge in [0.25, 0.3) is 0 Å². The molecule has 1 fully saturated rings. The zero-order valence-corrected chi connectivity index (χ0v) is 10.9. The van der Waals surface area contributed by atoms with E-state index in [1.165, 1.54) is 0 Å². The van der Waals surface area contributed by atoms with Crippen LogP contribution in [0.15, 0.2) is 0 Å². The van der Waals surface area contributed by atoms with Gasteiger partial charge in [0.05, 0.1) is 12.6 Å². The molecule has 0 spiro atoms. The maximum atomic E-state index is 11.8. The van der Waals surface area contributed by atoms with Crippen LogP contribution in [-0.2, 0) is 9.53 Å². The Morgan fingerprint density at radius 3 is 2.69 bits per heavy atom. The van der Waals surface area contributed by atoms with Gasteiger partial charge in [0.15, 0.2) is 0 Å². The van der Waals surface area contributed by atoms with Gasteiger partial charge >= 0.3 is 0 Å². The summed E-state index contributed by atoms with van der Waals surface area (Å²) in [6.45, 7) is 8.12. The largest absolute Gasteiger partial charge is 0.376 e. The number of carbonyl (C=O) groups is 1. The second-order valence-corrected chi connectivity index (χ2v) is 5.51. The number of ether oxygens (including phenoxy) is 1. The molecule has 1 amide bonds. The molecule has 1 saturated heterocycles. The minimum Gasteiger partial charge on any atom is -0.376 e. The van der Waals surface area contributed by atoms with Gasteiger partial charge in [0.2, 0.25) is 5.91 Å². The van der Waals surface area contributed by atoms with Crippen LogP contribution in [0.5, 0.6) is 0 Å². The Bertz CT molecular complexity index is 230. The minimum atomic E-state index is -0.0135. The fourth-order valence-electron chi connectivity index (χ4n) is 1.67. The zero-order valence-electron chi connectivity index (χ0n) is 10.9. The summed E-state index contributed by atoms with van der Waals surface area (Å²) in [7, 11) is 1.84. The second kappa shape index (κ2) is 5.64. The molecule has 0 aliphatic carbocycles. The molecule has 1 atom stereocenters. The lowest BCUT2D eigenvalue weighted by Crippen LogP contribution is -2.45. The number of nitrogens with zero attached hydrogens (tertiary/aromatic N) is 1. The first-order valence-electron chi connectivity index (χ1n) is 5.99. The van der Waals surface area contributed by atoms with Crippen molar-refractivity contribution in [1.29, 1.82) is 0 Å². The van der Waals surface area contributed by atoms with Crippen LogP contribution in [0.1, 0.15) is 33.6 Å². The third kappa shape index (κ3) is 4.94. The molecule has 0 bridgehead atoms. The molecule has 0 aromatic heterocycles. The van der Waals surface area contributed by atoms with Crippen molar-refractivity contribution >= 4 is 5.91 Å². The third-order valence-corrected chi connectivity index (χ3v) is 2.70. The number of rotatable bonds is 4. The van der Waals surface area contributed by atoms with Gasteiger partial charge in [-0.2, -0.15) is 0 Å². The number of nitrogens with one attached hydrogen (secondary N) is 1. The van der Waals surface area contributed by atoms with Crippen molar-refractivity contribution < 1.29 is 9.53 Å². The summed E-state index contributed by atoms with van der Waals surface area (Å²) < 4.78 is 5.50. The van der Waals surface area contributed by atoms with E-state index in [9.17, 15) is 4.79 Å². The summed E-state index contributed by atoms with van der Waals surface area (Å²) in [5.74, 6) is 0.130. The summed E-state index contributed by atoms with van der Waals surface area (Å²) in [6, 6.07) is 0. The molecule has 1 rings (SSSR count). The van der Waals surface area contributed by atoms with Crippen LogP contribution in [0.4, 0.5) is 0 Å². The lowest BCUT2D eigenvalue weighted by molar-refractivity contribution is -0.130. The van der Waals surface area contributed by atoms with Gasteiger partial charge < -0.3 is 15.0 Å². The normalized spacial score (nSPS) is 21.1. The van der Waals surface area contributed by atoms with Gasteiger partial charge in [-0.15, -0.1) is 0 Å². The maximum Gasteiger partial charge on any atom is 0.236 e. The standard InChI is InChI=1S/C12H24N2O2/c1-12(2,3)13-8-11(15)14(4)9-10-6-5-7-16-10/h10,13H,5-9H2,1-4H3. The molecule has 16 heavy (non-hydrogen) atoms. The summed E-state index contributed by atoms with van der Waals surface area (Å²) in [4.78, 5) is 13.5. The molecule has 1 unspecified atom stereocenters. The molecular formula is C12H24N2O2. The van der Waals surface area contributed by atoms with Gasteiger partial charge in [-0.3, -0.25) is 4.79 Å². The molecule has 94 valence electrons. The second-order valence-electron chi connectivity index (χ2n) is 5.51. The highest BCUT2D eigenvalue weighted by atomic mass is 16.5. The summed E-state index contributed by atoms with van der Waals surface area (Å²) in [6.07, 6.45) is 2.43. The van der Waals surface area contributed by atoms with Crippen LogP contribution in [0, 0.1) is 0 Å². The highest BCUT2D eigenvalue weighted by molar-refractivity contribution is 5.78. The maximum absolute atomic E-state index is 11.8. The molecule has 0 aromatic carbocycles. The molecule has 1 heterocycles. The van der Waals surface area contributed by atoms with Crippen molar-refractivity contribution in [2.75, 3.05) is 26.7 Å². The minimum absolute atomic E-state index is 0.0135. The predicted octanol–water partition coefficient (Wildman–Crippen LogP) is 1.01. The van der Waals surface area contributed by atoms with E-state index >= 15 is 0 Å². The third-order valence-electron chi connectivity index (χ3n) is 2.70. The van der Waals surface area contributed by atoms with Crippen molar-refractivity contribution in [1.82, 2.24) is 10.2 Å². The lowest BCUT2D eigenvalue weighted by atomic mass is 10.1. The molecule has 1 aliphatic rings. The van der Waals surface area contributed by atoms with Crippen molar-refractivity contribution in [3.63, 3.8) is 0 Å². The number of hydrogen-bond acceptors (Lipinski definition) is 3. The molecule has 1 N–H and O–H groups in total. The number of hydrogen-bond donors (Lipinski definition) is 1. The molecule has 4 heteroatoms. The molecule has 0 radical (unpaired) electrons. The lowest BCUT2D eigenvalue weighted by Gasteiger charge is -2.24. The van der Waals surface area contributed by atoms with E-state index in [0.717, 1.165) is 19.4 Å². The van der Waals surface area contributed by atoms with Gasteiger partial charge in [0, 0.05) is 25.7 Å².